The average Bonchev–Trinajstić information content (AvgIpc) is 3.29. The van der Waals surface area contributed by atoms with Gasteiger partial charge >= 0.3 is 5.97 Å². The number of likely N-dealkylation sites (N-methyl/N-ethyl adjacent to an activating group) is 1. The van der Waals surface area contributed by atoms with E-state index in [4.69, 9.17) is 23.7 Å². The van der Waals surface area contributed by atoms with Crippen molar-refractivity contribution in [1.29, 1.82) is 0 Å². The zero-order valence-electron chi connectivity index (χ0n) is 17.0. The fourth-order valence-electron chi connectivity index (χ4n) is 4.81. The van der Waals surface area contributed by atoms with Gasteiger partial charge in [0.25, 0.3) is 0 Å². The Morgan fingerprint density at radius 2 is 1.79 bits per heavy atom. The minimum atomic E-state index is -0.424. The summed E-state index contributed by atoms with van der Waals surface area (Å²) in [4.78, 5) is 12.9. The maximum Gasteiger partial charge on any atom is 0.343 e. The van der Waals surface area contributed by atoms with Crippen LogP contribution < -0.4 is 18.9 Å². The molecule has 0 amide bonds. The highest BCUT2D eigenvalue weighted by Gasteiger charge is 2.50. The quantitative estimate of drug-likeness (QED) is 0.585. The monoisotopic (exact) mass is 398 g/mol. The number of methoxy groups -OCH3 is 2. The van der Waals surface area contributed by atoms with Crippen LogP contribution >= 0.6 is 0 Å². The molecule has 5 rings (SSSR count). The van der Waals surface area contributed by atoms with E-state index in [1.807, 2.05) is 18.2 Å². The predicted molar refractivity (Wildman–Crippen MR) is 104 cm³/mol. The highest BCUT2D eigenvalue weighted by atomic mass is 16.7. The molecule has 0 N–H and O–H groups in total. The molecule has 0 aromatic heterocycles. The Labute approximate surface area is 169 Å². The standard InChI is InChI=1S/C22H24NO6/c1-23(2)8-7-12-9-16-17(28-11-27-16)10-14(12)19(23)20-13-5-6-15(25-3)21(26-4)18(13)22(24)29-20/h5-6,9-10,19-20H,7-8,11H2,1-4H3/q+1. The number of nitrogens with zero attached hydrogens (tertiary/aromatic N) is 1. The third kappa shape index (κ3) is 2.57. The fourth-order valence-corrected chi connectivity index (χ4v) is 4.81. The van der Waals surface area contributed by atoms with Crippen LogP contribution in [0.15, 0.2) is 24.3 Å². The van der Waals surface area contributed by atoms with Crippen molar-refractivity contribution < 1.29 is 33.0 Å². The third-order valence-electron chi connectivity index (χ3n) is 6.27. The molecular weight excluding hydrogens is 374 g/mol. The summed E-state index contributed by atoms with van der Waals surface area (Å²) in [6.45, 7) is 1.16. The first-order chi connectivity index (χ1) is 13.9. The number of rotatable bonds is 3. The van der Waals surface area contributed by atoms with E-state index in [1.165, 1.54) is 12.7 Å². The van der Waals surface area contributed by atoms with Gasteiger partial charge in [-0.15, -0.1) is 0 Å². The molecule has 2 unspecified atom stereocenters. The normalized spacial score (nSPS) is 23.2. The topological polar surface area (TPSA) is 63.2 Å². The summed E-state index contributed by atoms with van der Waals surface area (Å²) in [6, 6.07) is 7.78. The Morgan fingerprint density at radius 1 is 1.03 bits per heavy atom. The Hall–Kier alpha value is -2.93. The van der Waals surface area contributed by atoms with Gasteiger partial charge in [-0.05, 0) is 23.8 Å². The van der Waals surface area contributed by atoms with Gasteiger partial charge in [-0.2, -0.15) is 0 Å². The van der Waals surface area contributed by atoms with Crippen molar-refractivity contribution >= 4 is 5.97 Å². The Morgan fingerprint density at radius 3 is 2.52 bits per heavy atom. The maximum atomic E-state index is 12.9. The van der Waals surface area contributed by atoms with Crippen LogP contribution in [0, 0.1) is 0 Å². The van der Waals surface area contributed by atoms with Gasteiger partial charge in [-0.3, -0.25) is 0 Å². The van der Waals surface area contributed by atoms with Crippen LogP contribution in [0.5, 0.6) is 23.0 Å². The van der Waals surface area contributed by atoms with Crippen molar-refractivity contribution in [3.8, 4) is 23.0 Å². The van der Waals surface area contributed by atoms with Gasteiger partial charge in [0, 0.05) is 17.5 Å². The van der Waals surface area contributed by atoms with Crippen LogP contribution in [0.3, 0.4) is 0 Å². The zero-order chi connectivity index (χ0) is 20.3. The van der Waals surface area contributed by atoms with Gasteiger partial charge in [0.2, 0.25) is 6.79 Å². The summed E-state index contributed by atoms with van der Waals surface area (Å²) < 4.78 is 28.7. The first-order valence-corrected chi connectivity index (χ1v) is 9.65. The summed E-state index contributed by atoms with van der Waals surface area (Å²) in [5.41, 5.74) is 3.62. The van der Waals surface area contributed by atoms with E-state index in [9.17, 15) is 4.79 Å². The number of hydrogen-bond donors (Lipinski definition) is 0. The van der Waals surface area contributed by atoms with Crippen LogP contribution in [0.4, 0.5) is 0 Å². The summed E-state index contributed by atoms with van der Waals surface area (Å²) in [5, 5.41) is 0. The number of carbonyl (C=O) groups is 1. The number of ether oxygens (including phenoxy) is 5. The van der Waals surface area contributed by atoms with Crippen molar-refractivity contribution in [2.24, 2.45) is 0 Å². The van der Waals surface area contributed by atoms with E-state index in [0.717, 1.165) is 35.6 Å². The number of cyclic esters (lactones) is 1. The Balaban J connectivity index is 1.67. The first kappa shape index (κ1) is 18.1. The molecule has 0 spiro atoms. The summed E-state index contributed by atoms with van der Waals surface area (Å²) in [6.07, 6.45) is 0.501. The van der Waals surface area contributed by atoms with Gasteiger partial charge < -0.3 is 28.2 Å². The molecule has 7 heteroatoms. The molecule has 0 saturated carbocycles. The second kappa shape index (κ2) is 6.29. The lowest BCUT2D eigenvalue weighted by Crippen LogP contribution is -2.50. The second-order valence-electron chi connectivity index (χ2n) is 8.19. The van der Waals surface area contributed by atoms with Crippen LogP contribution in [-0.4, -0.2) is 52.1 Å². The molecule has 152 valence electrons. The molecule has 0 aliphatic carbocycles. The van der Waals surface area contributed by atoms with Gasteiger partial charge in [-0.25, -0.2) is 4.79 Å². The molecular formula is C22H24NO6+. The lowest BCUT2D eigenvalue weighted by Gasteiger charge is -2.44. The molecule has 2 aromatic carbocycles. The first-order valence-electron chi connectivity index (χ1n) is 9.65. The van der Waals surface area contributed by atoms with Crippen LogP contribution in [0.25, 0.3) is 0 Å². The SMILES string of the molecule is COc1ccc2c(c1OC)C(=O)OC2C1c2cc3c(cc2CC[N+]1(C)C)OCO3. The smallest absolute Gasteiger partial charge is 0.343 e. The maximum absolute atomic E-state index is 12.9. The lowest BCUT2D eigenvalue weighted by molar-refractivity contribution is -0.927. The van der Waals surface area contributed by atoms with E-state index >= 15 is 0 Å². The number of fused-ring (bicyclic) bond motifs is 3. The Kier molecular flexibility index (Phi) is 3.93. The number of benzene rings is 2. The minimum Gasteiger partial charge on any atom is -0.493 e. The van der Waals surface area contributed by atoms with Crippen LogP contribution in [0.2, 0.25) is 0 Å². The van der Waals surface area contributed by atoms with Gasteiger partial charge in [-0.1, -0.05) is 6.07 Å². The molecule has 0 saturated heterocycles. The van der Waals surface area contributed by atoms with E-state index in [2.05, 4.69) is 20.2 Å². The molecule has 3 aliphatic rings. The van der Waals surface area contributed by atoms with E-state index in [0.29, 0.717) is 21.5 Å². The molecule has 0 radical (unpaired) electrons. The number of esters is 1. The number of hydrogen-bond acceptors (Lipinski definition) is 6. The summed E-state index contributed by atoms with van der Waals surface area (Å²) in [7, 11) is 7.44. The number of quaternary nitrogens is 1. The lowest BCUT2D eigenvalue weighted by atomic mass is 9.84. The van der Waals surface area contributed by atoms with Crippen molar-refractivity contribution in [2.75, 3.05) is 41.7 Å². The number of carbonyl (C=O) groups excluding carboxylic acids is 1. The van der Waals surface area contributed by atoms with E-state index in [-0.39, 0.29) is 18.8 Å². The largest absolute Gasteiger partial charge is 0.493 e. The summed E-state index contributed by atoms with van der Waals surface area (Å²) >= 11 is 0. The summed E-state index contributed by atoms with van der Waals surface area (Å²) in [5.74, 6) is 2.08. The Bertz CT molecular complexity index is 1010. The van der Waals surface area contributed by atoms with Crippen LogP contribution in [-0.2, 0) is 11.2 Å². The molecule has 3 aliphatic heterocycles. The molecule has 0 bridgehead atoms. The highest BCUT2D eigenvalue weighted by molar-refractivity contribution is 5.98. The molecule has 3 heterocycles. The van der Waals surface area contributed by atoms with E-state index < -0.39 is 6.10 Å². The molecule has 29 heavy (non-hydrogen) atoms. The second-order valence-corrected chi connectivity index (χ2v) is 8.19. The van der Waals surface area contributed by atoms with Gasteiger partial charge in [0.1, 0.15) is 5.56 Å². The van der Waals surface area contributed by atoms with Crippen LogP contribution in [0.1, 0.15) is 39.2 Å². The van der Waals surface area contributed by atoms with E-state index in [1.54, 1.807) is 7.11 Å². The molecule has 0 fully saturated rings. The van der Waals surface area contributed by atoms with Crippen molar-refractivity contribution in [3.05, 3.63) is 46.5 Å². The molecule has 2 atom stereocenters. The average molecular weight is 398 g/mol. The molecule has 2 aromatic rings. The molecule has 7 nitrogen and oxygen atoms in total. The highest BCUT2D eigenvalue weighted by Crippen LogP contribution is 2.52. The zero-order valence-corrected chi connectivity index (χ0v) is 17.0. The minimum absolute atomic E-state index is 0.0726. The van der Waals surface area contributed by atoms with Gasteiger partial charge in [0.05, 0.1) is 34.9 Å². The van der Waals surface area contributed by atoms with Crippen molar-refractivity contribution in [3.63, 3.8) is 0 Å². The predicted octanol–water partition coefficient (Wildman–Crippen LogP) is 3.02. The van der Waals surface area contributed by atoms with Gasteiger partial charge in [0.15, 0.2) is 35.1 Å². The van der Waals surface area contributed by atoms with Crippen molar-refractivity contribution in [2.45, 2.75) is 18.6 Å². The van der Waals surface area contributed by atoms with Crippen molar-refractivity contribution in [1.82, 2.24) is 0 Å². The fraction of sp³-hybridized carbons (Fsp3) is 0.409. The third-order valence-corrected chi connectivity index (χ3v) is 6.27.